The van der Waals surface area contributed by atoms with Gasteiger partial charge in [-0.1, -0.05) is 50.6 Å². The fourth-order valence-corrected chi connectivity index (χ4v) is 3.38. The number of nitriles is 1. The van der Waals surface area contributed by atoms with Gasteiger partial charge in [0.1, 0.15) is 5.54 Å². The number of nitrogens with one attached hydrogen (secondary N) is 1. The molecular formula is C18H27N3. The summed E-state index contributed by atoms with van der Waals surface area (Å²) in [5.74, 6) is 0.785. The molecule has 0 saturated carbocycles. The van der Waals surface area contributed by atoms with E-state index in [0.717, 1.165) is 37.7 Å². The number of benzene rings is 1. The maximum absolute atomic E-state index is 9.88. The summed E-state index contributed by atoms with van der Waals surface area (Å²) in [5, 5.41) is 13.3. The number of nitrogens with zero attached hydrogens (tertiary/aromatic N) is 2. The highest BCUT2D eigenvalue weighted by atomic mass is 15.2. The van der Waals surface area contributed by atoms with Gasteiger partial charge in [-0.15, -0.1) is 0 Å². The van der Waals surface area contributed by atoms with E-state index in [4.69, 9.17) is 0 Å². The molecule has 1 aliphatic heterocycles. The lowest BCUT2D eigenvalue weighted by Gasteiger charge is -2.38. The van der Waals surface area contributed by atoms with Gasteiger partial charge in [0.15, 0.2) is 0 Å². The molecule has 0 radical (unpaired) electrons. The van der Waals surface area contributed by atoms with Crippen molar-refractivity contribution in [2.24, 2.45) is 5.92 Å². The second-order valence-electron chi connectivity index (χ2n) is 6.07. The van der Waals surface area contributed by atoms with Gasteiger partial charge in [-0.2, -0.15) is 5.26 Å². The molecule has 1 aliphatic rings. The van der Waals surface area contributed by atoms with Crippen molar-refractivity contribution in [2.45, 2.75) is 38.6 Å². The molecule has 1 heterocycles. The first kappa shape index (κ1) is 16.0. The highest BCUT2D eigenvalue weighted by Crippen LogP contribution is 2.26. The molecular weight excluding hydrogens is 258 g/mol. The van der Waals surface area contributed by atoms with Crippen LogP contribution < -0.4 is 5.32 Å². The number of likely N-dealkylation sites (tertiary alicyclic amines) is 1. The number of rotatable bonds is 6. The monoisotopic (exact) mass is 285 g/mol. The Kier molecular flexibility index (Phi) is 5.78. The van der Waals surface area contributed by atoms with Crippen molar-refractivity contribution in [2.75, 3.05) is 26.2 Å². The predicted molar refractivity (Wildman–Crippen MR) is 86.9 cm³/mol. The van der Waals surface area contributed by atoms with Crippen molar-refractivity contribution < 1.29 is 0 Å². The van der Waals surface area contributed by atoms with Crippen molar-refractivity contribution in [1.29, 1.82) is 5.26 Å². The molecule has 0 amide bonds. The van der Waals surface area contributed by atoms with Crippen LogP contribution >= 0.6 is 0 Å². The average Bonchev–Trinajstić information content (AvgIpc) is 2.55. The zero-order valence-corrected chi connectivity index (χ0v) is 13.3. The van der Waals surface area contributed by atoms with Gasteiger partial charge in [0.25, 0.3) is 0 Å². The Morgan fingerprint density at radius 2 is 2.10 bits per heavy atom. The van der Waals surface area contributed by atoms with Crippen LogP contribution in [0.5, 0.6) is 0 Å². The normalized spacial score (nSPS) is 22.4. The molecule has 0 spiro atoms. The van der Waals surface area contributed by atoms with Crippen LogP contribution in [0, 0.1) is 17.2 Å². The molecule has 1 saturated heterocycles. The van der Waals surface area contributed by atoms with E-state index in [1.807, 2.05) is 18.2 Å². The average molecular weight is 285 g/mol. The van der Waals surface area contributed by atoms with Crippen LogP contribution in [0.1, 0.15) is 38.7 Å². The fraction of sp³-hybridized carbons (Fsp3) is 0.611. The SMILES string of the molecule is CCNC(C#N)(CN1CCCC(CC)C1)c1ccccc1. The Balaban J connectivity index is 2.19. The van der Waals surface area contributed by atoms with Gasteiger partial charge in [0.05, 0.1) is 6.07 Å². The molecule has 0 bridgehead atoms. The summed E-state index contributed by atoms with van der Waals surface area (Å²) < 4.78 is 0. The molecule has 114 valence electrons. The molecule has 21 heavy (non-hydrogen) atoms. The Bertz CT molecular complexity index is 465. The Hall–Kier alpha value is -1.37. The fourth-order valence-electron chi connectivity index (χ4n) is 3.38. The molecule has 2 rings (SSSR count). The third-order valence-electron chi connectivity index (χ3n) is 4.58. The second kappa shape index (κ2) is 7.59. The number of piperidine rings is 1. The van der Waals surface area contributed by atoms with Crippen molar-refractivity contribution in [1.82, 2.24) is 10.2 Å². The molecule has 1 fully saturated rings. The highest BCUT2D eigenvalue weighted by Gasteiger charge is 2.34. The minimum Gasteiger partial charge on any atom is -0.300 e. The standard InChI is InChI=1S/C18H27N3/c1-3-16-9-8-12-21(13-16)15-18(14-19,20-4-2)17-10-6-5-7-11-17/h5-7,10-11,16,20H,3-4,8-9,12-13,15H2,1-2H3. The number of hydrogen-bond acceptors (Lipinski definition) is 3. The van der Waals surface area contributed by atoms with E-state index in [1.165, 1.54) is 19.3 Å². The summed E-state index contributed by atoms with van der Waals surface area (Å²) >= 11 is 0. The van der Waals surface area contributed by atoms with Crippen LogP contribution in [0.2, 0.25) is 0 Å². The van der Waals surface area contributed by atoms with Crippen LogP contribution in [0.4, 0.5) is 0 Å². The lowest BCUT2D eigenvalue weighted by atomic mass is 9.88. The Labute approximate surface area is 129 Å². The molecule has 1 aromatic rings. The van der Waals surface area contributed by atoms with Crippen LogP contribution in [0.25, 0.3) is 0 Å². The van der Waals surface area contributed by atoms with Crippen molar-refractivity contribution in [3.8, 4) is 6.07 Å². The quantitative estimate of drug-likeness (QED) is 0.872. The highest BCUT2D eigenvalue weighted by molar-refractivity contribution is 5.32. The summed E-state index contributed by atoms with van der Waals surface area (Å²) in [5.41, 5.74) is 0.485. The third kappa shape index (κ3) is 3.84. The minimum atomic E-state index is -0.592. The van der Waals surface area contributed by atoms with Gasteiger partial charge in [-0.05, 0) is 37.4 Å². The topological polar surface area (TPSA) is 39.1 Å². The Morgan fingerprint density at radius 3 is 2.71 bits per heavy atom. The summed E-state index contributed by atoms with van der Waals surface area (Å²) in [6.45, 7) is 8.15. The lowest BCUT2D eigenvalue weighted by Crippen LogP contribution is -2.52. The van der Waals surface area contributed by atoms with Gasteiger partial charge >= 0.3 is 0 Å². The summed E-state index contributed by atoms with van der Waals surface area (Å²) in [6, 6.07) is 12.7. The van der Waals surface area contributed by atoms with Crippen LogP contribution in [0.3, 0.4) is 0 Å². The summed E-state index contributed by atoms with van der Waals surface area (Å²) in [6.07, 6.45) is 3.82. The first-order chi connectivity index (χ1) is 10.2. The van der Waals surface area contributed by atoms with E-state index >= 15 is 0 Å². The van der Waals surface area contributed by atoms with Gasteiger partial charge in [-0.3, -0.25) is 10.2 Å². The number of likely N-dealkylation sites (N-methyl/N-ethyl adjacent to an activating group) is 1. The first-order valence-corrected chi connectivity index (χ1v) is 8.18. The second-order valence-corrected chi connectivity index (χ2v) is 6.07. The van der Waals surface area contributed by atoms with Crippen LogP contribution in [0.15, 0.2) is 30.3 Å². The molecule has 2 atom stereocenters. The van der Waals surface area contributed by atoms with Gasteiger partial charge in [-0.25, -0.2) is 0 Å². The molecule has 0 aliphatic carbocycles. The van der Waals surface area contributed by atoms with Gasteiger partial charge in [0.2, 0.25) is 0 Å². The predicted octanol–water partition coefficient (Wildman–Crippen LogP) is 3.14. The van der Waals surface area contributed by atoms with Gasteiger partial charge in [0, 0.05) is 13.1 Å². The van der Waals surface area contributed by atoms with E-state index in [0.29, 0.717) is 0 Å². The van der Waals surface area contributed by atoms with Crippen LogP contribution in [-0.2, 0) is 5.54 Å². The van der Waals surface area contributed by atoms with E-state index in [9.17, 15) is 5.26 Å². The van der Waals surface area contributed by atoms with E-state index in [2.05, 4.69) is 42.3 Å². The number of hydrogen-bond donors (Lipinski definition) is 1. The molecule has 1 aromatic carbocycles. The van der Waals surface area contributed by atoms with Gasteiger partial charge < -0.3 is 0 Å². The van der Waals surface area contributed by atoms with E-state index in [1.54, 1.807) is 0 Å². The lowest BCUT2D eigenvalue weighted by molar-refractivity contribution is 0.140. The molecule has 1 N–H and O–H groups in total. The summed E-state index contributed by atoms with van der Waals surface area (Å²) in [7, 11) is 0. The maximum atomic E-state index is 9.88. The zero-order chi connectivity index (χ0) is 15.1. The third-order valence-corrected chi connectivity index (χ3v) is 4.58. The summed E-state index contributed by atoms with van der Waals surface area (Å²) in [4.78, 5) is 2.47. The minimum absolute atomic E-state index is 0.592. The van der Waals surface area contributed by atoms with E-state index in [-0.39, 0.29) is 0 Å². The van der Waals surface area contributed by atoms with Crippen molar-refractivity contribution in [3.05, 3.63) is 35.9 Å². The largest absolute Gasteiger partial charge is 0.300 e. The van der Waals surface area contributed by atoms with Crippen molar-refractivity contribution in [3.63, 3.8) is 0 Å². The maximum Gasteiger partial charge on any atom is 0.145 e. The Morgan fingerprint density at radius 1 is 1.33 bits per heavy atom. The smallest absolute Gasteiger partial charge is 0.145 e. The first-order valence-electron chi connectivity index (χ1n) is 8.18. The molecule has 3 nitrogen and oxygen atoms in total. The van der Waals surface area contributed by atoms with E-state index < -0.39 is 5.54 Å². The molecule has 2 unspecified atom stereocenters. The molecule has 3 heteroatoms. The van der Waals surface area contributed by atoms with Crippen LogP contribution in [-0.4, -0.2) is 31.1 Å². The van der Waals surface area contributed by atoms with Crippen molar-refractivity contribution >= 4 is 0 Å². The molecule has 0 aromatic heterocycles. The zero-order valence-electron chi connectivity index (χ0n) is 13.3.